The molecule has 0 spiro atoms. The Hall–Kier alpha value is -2.47. The van der Waals surface area contributed by atoms with Crippen LogP contribution in [-0.2, 0) is 19.5 Å². The van der Waals surface area contributed by atoms with Crippen molar-refractivity contribution >= 4 is 5.71 Å². The molecule has 0 bridgehead atoms. The Kier molecular flexibility index (Phi) is 5.34. The summed E-state index contributed by atoms with van der Waals surface area (Å²) in [6.07, 6.45) is 3.96. The van der Waals surface area contributed by atoms with Gasteiger partial charge in [-0.25, -0.2) is 4.98 Å². The van der Waals surface area contributed by atoms with Gasteiger partial charge in [-0.2, -0.15) is 0 Å². The summed E-state index contributed by atoms with van der Waals surface area (Å²) in [4.78, 5) is 27.2. The minimum atomic E-state index is -0.0142. The standard InChI is InChI=1S/C21H26N4O2/c1-2-27-16-8-6-15(7-9-16)13-25-12-10-18-17(14-25)21(26)24-20(23-18)19-5-3-4-11-22-19/h6-9H,2-5,10-14H2,1H3,(H,23,24,26). The van der Waals surface area contributed by atoms with Crippen LogP contribution in [0.1, 0.15) is 48.8 Å². The van der Waals surface area contributed by atoms with E-state index in [1.54, 1.807) is 0 Å². The molecule has 1 N–H and O–H groups in total. The molecule has 2 aliphatic heterocycles. The van der Waals surface area contributed by atoms with Crippen molar-refractivity contribution in [1.82, 2.24) is 14.9 Å². The van der Waals surface area contributed by atoms with Gasteiger partial charge < -0.3 is 9.72 Å². The van der Waals surface area contributed by atoms with E-state index in [4.69, 9.17) is 9.72 Å². The summed E-state index contributed by atoms with van der Waals surface area (Å²) in [6, 6.07) is 8.19. The maximum atomic E-state index is 12.6. The van der Waals surface area contributed by atoms with E-state index >= 15 is 0 Å². The third kappa shape index (κ3) is 4.11. The maximum absolute atomic E-state index is 12.6. The predicted octanol–water partition coefficient (Wildman–Crippen LogP) is 2.70. The number of fused-ring (bicyclic) bond motifs is 1. The first-order chi connectivity index (χ1) is 13.2. The van der Waals surface area contributed by atoms with Gasteiger partial charge in [0, 0.05) is 32.6 Å². The Balaban J connectivity index is 1.48. The molecule has 1 aromatic heterocycles. The van der Waals surface area contributed by atoms with Crippen molar-refractivity contribution in [2.24, 2.45) is 4.99 Å². The smallest absolute Gasteiger partial charge is 0.255 e. The predicted molar refractivity (Wildman–Crippen MR) is 106 cm³/mol. The van der Waals surface area contributed by atoms with Gasteiger partial charge in [-0.05, 0) is 43.9 Å². The number of rotatable bonds is 5. The van der Waals surface area contributed by atoms with Crippen molar-refractivity contribution in [3.8, 4) is 5.75 Å². The van der Waals surface area contributed by atoms with Crippen LogP contribution in [0, 0.1) is 0 Å². The minimum Gasteiger partial charge on any atom is -0.494 e. The van der Waals surface area contributed by atoms with Gasteiger partial charge in [0.15, 0.2) is 5.82 Å². The highest BCUT2D eigenvalue weighted by atomic mass is 16.5. The van der Waals surface area contributed by atoms with Crippen molar-refractivity contribution in [3.05, 3.63) is 57.3 Å². The van der Waals surface area contributed by atoms with Crippen LogP contribution in [0.3, 0.4) is 0 Å². The third-order valence-corrected chi connectivity index (χ3v) is 5.19. The second-order valence-electron chi connectivity index (χ2n) is 7.16. The van der Waals surface area contributed by atoms with E-state index in [-0.39, 0.29) is 5.56 Å². The molecule has 4 rings (SSSR count). The topological polar surface area (TPSA) is 70.6 Å². The fourth-order valence-corrected chi connectivity index (χ4v) is 3.76. The van der Waals surface area contributed by atoms with Gasteiger partial charge in [0.25, 0.3) is 5.56 Å². The maximum Gasteiger partial charge on any atom is 0.255 e. The molecule has 6 heteroatoms. The second kappa shape index (κ2) is 8.05. The fraction of sp³-hybridized carbons (Fsp3) is 0.476. The van der Waals surface area contributed by atoms with Gasteiger partial charge in [-0.1, -0.05) is 12.1 Å². The average Bonchev–Trinajstić information content (AvgIpc) is 2.71. The number of aromatic nitrogens is 2. The first kappa shape index (κ1) is 17.9. The molecule has 0 aliphatic carbocycles. The lowest BCUT2D eigenvalue weighted by Gasteiger charge is -2.28. The lowest BCUT2D eigenvalue weighted by atomic mass is 10.0. The van der Waals surface area contributed by atoms with Crippen LogP contribution in [0.25, 0.3) is 0 Å². The van der Waals surface area contributed by atoms with E-state index in [0.29, 0.717) is 19.0 Å². The molecule has 0 radical (unpaired) electrons. The van der Waals surface area contributed by atoms with Crippen molar-refractivity contribution in [2.45, 2.75) is 45.7 Å². The number of hydrogen-bond acceptors (Lipinski definition) is 5. The largest absolute Gasteiger partial charge is 0.494 e. The number of benzene rings is 1. The lowest BCUT2D eigenvalue weighted by Crippen LogP contribution is -2.36. The fourth-order valence-electron chi connectivity index (χ4n) is 3.76. The van der Waals surface area contributed by atoms with E-state index < -0.39 is 0 Å². The molecular weight excluding hydrogens is 340 g/mol. The summed E-state index contributed by atoms with van der Waals surface area (Å²) in [5.41, 5.74) is 3.90. The first-order valence-corrected chi connectivity index (χ1v) is 9.83. The van der Waals surface area contributed by atoms with E-state index in [1.807, 2.05) is 19.1 Å². The molecule has 142 valence electrons. The molecule has 1 aromatic carbocycles. The number of nitrogens with one attached hydrogen (secondary N) is 1. The summed E-state index contributed by atoms with van der Waals surface area (Å²) in [5, 5.41) is 0. The molecule has 0 saturated heterocycles. The van der Waals surface area contributed by atoms with Gasteiger partial charge in [-0.15, -0.1) is 0 Å². The quantitative estimate of drug-likeness (QED) is 0.883. The van der Waals surface area contributed by atoms with Gasteiger partial charge in [0.05, 0.1) is 23.6 Å². The van der Waals surface area contributed by atoms with E-state index in [0.717, 1.165) is 68.0 Å². The molecule has 6 nitrogen and oxygen atoms in total. The van der Waals surface area contributed by atoms with Crippen LogP contribution < -0.4 is 10.3 Å². The van der Waals surface area contributed by atoms with Crippen molar-refractivity contribution in [1.29, 1.82) is 0 Å². The van der Waals surface area contributed by atoms with Crippen LogP contribution in [0.15, 0.2) is 34.1 Å². The molecule has 0 atom stereocenters. The van der Waals surface area contributed by atoms with Crippen LogP contribution in [0.2, 0.25) is 0 Å². The summed E-state index contributed by atoms with van der Waals surface area (Å²) >= 11 is 0. The number of nitrogens with zero attached hydrogens (tertiary/aromatic N) is 3. The van der Waals surface area contributed by atoms with Gasteiger partial charge >= 0.3 is 0 Å². The number of H-pyrrole nitrogens is 1. The van der Waals surface area contributed by atoms with Crippen LogP contribution in [0.5, 0.6) is 5.75 Å². The Morgan fingerprint density at radius 1 is 1.19 bits per heavy atom. The molecule has 0 unspecified atom stereocenters. The zero-order chi connectivity index (χ0) is 18.6. The number of hydrogen-bond donors (Lipinski definition) is 1. The SMILES string of the molecule is CCOc1ccc(CN2CCc3nc(C4=NCCCC4)[nH]c(=O)c3C2)cc1. The Bertz CT molecular complexity index is 886. The zero-order valence-corrected chi connectivity index (χ0v) is 15.8. The molecule has 0 saturated carbocycles. The van der Waals surface area contributed by atoms with Gasteiger partial charge in [0.2, 0.25) is 0 Å². The molecular formula is C21H26N4O2. The monoisotopic (exact) mass is 366 g/mol. The highest BCUT2D eigenvalue weighted by molar-refractivity contribution is 5.97. The lowest BCUT2D eigenvalue weighted by molar-refractivity contribution is 0.241. The molecule has 2 aromatic rings. The molecule has 0 amide bonds. The van der Waals surface area contributed by atoms with Crippen LogP contribution >= 0.6 is 0 Å². The molecule has 27 heavy (non-hydrogen) atoms. The van der Waals surface area contributed by atoms with Crippen LogP contribution in [-0.4, -0.2) is 40.3 Å². The number of ether oxygens (including phenoxy) is 1. The first-order valence-electron chi connectivity index (χ1n) is 9.83. The van der Waals surface area contributed by atoms with Crippen LogP contribution in [0.4, 0.5) is 0 Å². The third-order valence-electron chi connectivity index (χ3n) is 5.19. The molecule has 3 heterocycles. The Labute approximate surface area is 159 Å². The van der Waals surface area contributed by atoms with E-state index in [2.05, 4.69) is 27.0 Å². The van der Waals surface area contributed by atoms with Gasteiger partial charge in [0.1, 0.15) is 5.75 Å². The Morgan fingerprint density at radius 2 is 2.04 bits per heavy atom. The summed E-state index contributed by atoms with van der Waals surface area (Å²) in [7, 11) is 0. The second-order valence-corrected chi connectivity index (χ2v) is 7.16. The zero-order valence-electron chi connectivity index (χ0n) is 15.8. The highest BCUT2D eigenvalue weighted by Gasteiger charge is 2.22. The minimum absolute atomic E-state index is 0.0142. The van der Waals surface area contributed by atoms with E-state index in [9.17, 15) is 4.79 Å². The van der Waals surface area contributed by atoms with Crippen molar-refractivity contribution in [3.63, 3.8) is 0 Å². The molecule has 0 fully saturated rings. The van der Waals surface area contributed by atoms with Crippen molar-refractivity contribution < 1.29 is 4.74 Å². The summed E-state index contributed by atoms with van der Waals surface area (Å²) in [6.45, 7) is 5.86. The van der Waals surface area contributed by atoms with Crippen molar-refractivity contribution in [2.75, 3.05) is 19.7 Å². The summed E-state index contributed by atoms with van der Waals surface area (Å²) in [5.74, 6) is 1.57. The highest BCUT2D eigenvalue weighted by Crippen LogP contribution is 2.19. The number of aliphatic imine (C=N–C) groups is 1. The normalized spacial score (nSPS) is 17.3. The Morgan fingerprint density at radius 3 is 2.78 bits per heavy atom. The molecule has 2 aliphatic rings. The average molecular weight is 366 g/mol. The number of aromatic amines is 1. The summed E-state index contributed by atoms with van der Waals surface area (Å²) < 4.78 is 5.50. The van der Waals surface area contributed by atoms with E-state index in [1.165, 1.54) is 5.56 Å². The van der Waals surface area contributed by atoms with Gasteiger partial charge in [-0.3, -0.25) is 14.7 Å².